The van der Waals surface area contributed by atoms with Gasteiger partial charge in [-0.15, -0.1) is 0 Å². The molecule has 1 unspecified atom stereocenters. The Labute approximate surface area is 63.8 Å². The summed E-state index contributed by atoms with van der Waals surface area (Å²) in [6, 6.07) is 0. The minimum absolute atomic E-state index is 0.404. The average molecular weight is 145 g/mol. The molecule has 0 fully saturated rings. The fourth-order valence-corrected chi connectivity index (χ4v) is 1.13. The summed E-state index contributed by atoms with van der Waals surface area (Å²) < 4.78 is 0. The van der Waals surface area contributed by atoms with E-state index < -0.39 is 0 Å². The van der Waals surface area contributed by atoms with Crippen LogP contribution in [-0.4, -0.2) is 13.1 Å². The number of hydrogen-bond acceptors (Lipinski definition) is 1. The van der Waals surface area contributed by atoms with E-state index >= 15 is 0 Å². The molecule has 0 saturated carbocycles. The van der Waals surface area contributed by atoms with E-state index in [2.05, 4.69) is 13.8 Å². The second-order valence-electron chi connectivity index (χ2n) is 2.99. The molecule has 0 bridgehead atoms. The predicted molar refractivity (Wildman–Crippen MR) is 43.8 cm³/mol. The van der Waals surface area contributed by atoms with E-state index in [1.54, 1.807) is 0 Å². The molecule has 0 aliphatic rings. The first kappa shape index (κ1) is 9.92. The van der Waals surface area contributed by atoms with Crippen molar-refractivity contribution in [1.82, 2.24) is 0 Å². The summed E-state index contributed by atoms with van der Waals surface area (Å²) in [6.07, 6.45) is 2.38. The fraction of sp³-hybridized carbons (Fsp3) is 1.00. The Hall–Kier alpha value is -0.0800. The molecule has 0 aliphatic carbocycles. The molecule has 0 aliphatic heterocycles. The monoisotopic (exact) mass is 145 g/mol. The van der Waals surface area contributed by atoms with Gasteiger partial charge in [0.05, 0.1) is 13.1 Å². The standard InChI is InChI=1S/C8H19NO/c1-4-6-8(3)7-9(10)5-2/h8-9H,4-7H2,1-3H3/t8-/m1/s1. The van der Waals surface area contributed by atoms with Crippen LogP contribution in [-0.2, 0) is 0 Å². The van der Waals surface area contributed by atoms with Crippen molar-refractivity contribution in [3.05, 3.63) is 5.21 Å². The van der Waals surface area contributed by atoms with E-state index in [4.69, 9.17) is 0 Å². The summed E-state index contributed by atoms with van der Waals surface area (Å²) >= 11 is 0. The molecule has 0 aromatic carbocycles. The first-order valence-electron chi connectivity index (χ1n) is 4.22. The zero-order valence-electron chi connectivity index (χ0n) is 7.31. The number of hydroxylamine groups is 2. The molecule has 0 spiro atoms. The fourth-order valence-electron chi connectivity index (χ4n) is 1.13. The van der Waals surface area contributed by atoms with Gasteiger partial charge in [-0.3, -0.25) is 0 Å². The van der Waals surface area contributed by atoms with Gasteiger partial charge in [-0.1, -0.05) is 20.3 Å². The van der Waals surface area contributed by atoms with Crippen molar-refractivity contribution in [2.75, 3.05) is 13.1 Å². The molecule has 0 aromatic rings. The number of nitrogens with one attached hydrogen (secondary N) is 1. The smallest absolute Gasteiger partial charge is 0.0794 e. The Morgan fingerprint density at radius 2 is 2.00 bits per heavy atom. The molecule has 10 heavy (non-hydrogen) atoms. The lowest BCUT2D eigenvalue weighted by Gasteiger charge is -2.23. The van der Waals surface area contributed by atoms with Crippen LogP contribution >= 0.6 is 0 Å². The first-order valence-corrected chi connectivity index (χ1v) is 4.22. The molecule has 0 aromatic heterocycles. The van der Waals surface area contributed by atoms with Crippen molar-refractivity contribution in [2.45, 2.75) is 33.6 Å². The van der Waals surface area contributed by atoms with E-state index in [1.165, 1.54) is 12.8 Å². The van der Waals surface area contributed by atoms with E-state index in [1.807, 2.05) is 6.92 Å². The van der Waals surface area contributed by atoms with Crippen LogP contribution in [0, 0.1) is 11.1 Å². The van der Waals surface area contributed by atoms with Crippen molar-refractivity contribution >= 4 is 0 Å². The number of quaternary nitrogens is 1. The highest BCUT2D eigenvalue weighted by molar-refractivity contribution is 4.47. The maximum Gasteiger partial charge on any atom is 0.0794 e. The van der Waals surface area contributed by atoms with Crippen LogP contribution in [0.3, 0.4) is 0 Å². The topological polar surface area (TPSA) is 27.5 Å². The number of hydrogen-bond donors (Lipinski definition) is 1. The van der Waals surface area contributed by atoms with Gasteiger partial charge in [0.2, 0.25) is 0 Å². The van der Waals surface area contributed by atoms with E-state index in [-0.39, 0.29) is 0 Å². The van der Waals surface area contributed by atoms with Crippen molar-refractivity contribution in [3.63, 3.8) is 0 Å². The minimum Gasteiger partial charge on any atom is -0.634 e. The van der Waals surface area contributed by atoms with Crippen LogP contribution in [0.4, 0.5) is 0 Å². The summed E-state index contributed by atoms with van der Waals surface area (Å²) in [6.45, 7) is 7.73. The summed E-state index contributed by atoms with van der Waals surface area (Å²) in [5, 5.41) is 11.3. The lowest BCUT2D eigenvalue weighted by molar-refractivity contribution is -0.849. The SMILES string of the molecule is CCC[C@@H](C)C[NH+]([O-])CC. The highest BCUT2D eigenvalue weighted by Gasteiger charge is 2.03. The second-order valence-corrected chi connectivity index (χ2v) is 2.99. The Morgan fingerprint density at radius 3 is 2.40 bits per heavy atom. The number of rotatable bonds is 5. The highest BCUT2D eigenvalue weighted by atomic mass is 16.5. The van der Waals surface area contributed by atoms with Crippen LogP contribution in [0.1, 0.15) is 33.6 Å². The predicted octanol–water partition coefficient (Wildman–Crippen LogP) is 0.825. The molecule has 0 rings (SSSR count). The Kier molecular flexibility index (Phi) is 5.64. The van der Waals surface area contributed by atoms with Crippen LogP contribution in [0.15, 0.2) is 0 Å². The summed E-state index contributed by atoms with van der Waals surface area (Å²) in [5.74, 6) is 0.595. The Morgan fingerprint density at radius 1 is 1.40 bits per heavy atom. The third kappa shape index (κ3) is 4.77. The van der Waals surface area contributed by atoms with Crippen LogP contribution in [0.25, 0.3) is 0 Å². The zero-order valence-corrected chi connectivity index (χ0v) is 7.31. The molecule has 0 radical (unpaired) electrons. The van der Waals surface area contributed by atoms with Crippen molar-refractivity contribution < 1.29 is 5.06 Å². The zero-order chi connectivity index (χ0) is 7.98. The Balaban J connectivity index is 3.27. The normalized spacial score (nSPS) is 16.8. The van der Waals surface area contributed by atoms with Gasteiger partial charge < -0.3 is 10.3 Å². The quantitative estimate of drug-likeness (QED) is 0.570. The van der Waals surface area contributed by atoms with Crippen molar-refractivity contribution in [2.24, 2.45) is 5.92 Å². The van der Waals surface area contributed by atoms with Gasteiger partial charge >= 0.3 is 0 Å². The molecule has 2 atom stereocenters. The molecule has 2 nitrogen and oxygen atoms in total. The van der Waals surface area contributed by atoms with E-state index in [9.17, 15) is 5.21 Å². The van der Waals surface area contributed by atoms with Gasteiger partial charge in [0.25, 0.3) is 0 Å². The molecule has 1 N–H and O–H groups in total. The summed E-state index contributed by atoms with van der Waals surface area (Å²) in [5.41, 5.74) is 0. The second kappa shape index (κ2) is 5.69. The highest BCUT2D eigenvalue weighted by Crippen LogP contribution is 2.00. The van der Waals surface area contributed by atoms with Crippen LogP contribution < -0.4 is 5.06 Å². The summed E-state index contributed by atoms with van der Waals surface area (Å²) in [4.78, 5) is 0. The van der Waals surface area contributed by atoms with Gasteiger partial charge in [-0.25, -0.2) is 0 Å². The van der Waals surface area contributed by atoms with Gasteiger partial charge in [-0.05, 0) is 13.3 Å². The molecule has 2 heteroatoms. The molecule has 62 valence electrons. The molecule has 0 heterocycles. The third-order valence-corrected chi connectivity index (χ3v) is 1.75. The van der Waals surface area contributed by atoms with E-state index in [0.717, 1.165) is 6.54 Å². The lowest BCUT2D eigenvalue weighted by Crippen LogP contribution is -3.07. The molecular formula is C8H19NO. The maximum atomic E-state index is 10.9. The summed E-state index contributed by atoms with van der Waals surface area (Å²) in [7, 11) is 0. The van der Waals surface area contributed by atoms with Gasteiger partial charge in [0.1, 0.15) is 0 Å². The lowest BCUT2D eigenvalue weighted by atomic mass is 10.1. The molecular weight excluding hydrogens is 126 g/mol. The van der Waals surface area contributed by atoms with Crippen molar-refractivity contribution in [1.29, 1.82) is 0 Å². The van der Waals surface area contributed by atoms with Gasteiger partial charge in [0, 0.05) is 5.92 Å². The minimum atomic E-state index is 0.404. The van der Waals surface area contributed by atoms with Crippen LogP contribution in [0.5, 0.6) is 0 Å². The van der Waals surface area contributed by atoms with E-state index in [0.29, 0.717) is 17.5 Å². The van der Waals surface area contributed by atoms with Crippen molar-refractivity contribution in [3.8, 4) is 0 Å². The Bertz CT molecular complexity index is 75.7. The van der Waals surface area contributed by atoms with Gasteiger partial charge in [0.15, 0.2) is 0 Å². The first-order chi connectivity index (χ1) is 4.70. The maximum absolute atomic E-state index is 10.9. The average Bonchev–Trinajstić information content (AvgIpc) is 1.88. The largest absolute Gasteiger partial charge is 0.634 e. The molecule has 0 amide bonds. The van der Waals surface area contributed by atoms with Gasteiger partial charge in [-0.2, -0.15) is 0 Å². The van der Waals surface area contributed by atoms with Crippen LogP contribution in [0.2, 0.25) is 0 Å². The third-order valence-electron chi connectivity index (χ3n) is 1.75. The molecule has 0 saturated heterocycles.